The predicted octanol–water partition coefficient (Wildman–Crippen LogP) is 6.45. The first kappa shape index (κ1) is 29.5. The Labute approximate surface area is 239 Å². The van der Waals surface area contributed by atoms with Crippen molar-refractivity contribution in [2.75, 3.05) is 5.32 Å². The van der Waals surface area contributed by atoms with Crippen LogP contribution in [-0.4, -0.2) is 28.9 Å². The summed E-state index contributed by atoms with van der Waals surface area (Å²) >= 11 is 0. The smallest absolute Gasteiger partial charge is 0.342 e. The number of esters is 2. The van der Waals surface area contributed by atoms with E-state index in [1.54, 1.807) is 0 Å². The number of carboxylic acids is 1. The Morgan fingerprint density at radius 1 is 1.02 bits per heavy atom. The average molecular weight is 558 g/mol. The van der Waals surface area contributed by atoms with Gasteiger partial charge in [-0.25, -0.2) is 4.79 Å². The molecule has 1 aliphatic rings. The number of benzene rings is 3. The average Bonchev–Trinajstić information content (AvgIpc) is 3.34. The molecule has 0 bridgehead atoms. The zero-order chi connectivity index (χ0) is 29.5. The molecule has 8 heteroatoms. The van der Waals surface area contributed by atoms with Gasteiger partial charge in [0.2, 0.25) is 5.91 Å². The van der Waals surface area contributed by atoms with Crippen molar-refractivity contribution in [3.8, 4) is 5.75 Å². The molecule has 41 heavy (non-hydrogen) atoms. The number of anilines is 1. The number of carboxylic acid groups (broad SMARTS) is 1. The van der Waals surface area contributed by atoms with Crippen molar-refractivity contribution in [3.63, 3.8) is 0 Å². The molecular weight excluding hydrogens is 522 g/mol. The third-order valence-corrected chi connectivity index (χ3v) is 7.43. The topological polar surface area (TPSA) is 119 Å². The van der Waals surface area contributed by atoms with Crippen molar-refractivity contribution in [2.24, 2.45) is 0 Å². The van der Waals surface area contributed by atoms with Gasteiger partial charge in [-0.15, -0.1) is 0 Å². The molecule has 3 aromatic rings. The molecule has 0 aliphatic carbocycles. The fourth-order valence-electron chi connectivity index (χ4n) is 5.22. The van der Waals surface area contributed by atoms with E-state index in [0.29, 0.717) is 24.9 Å². The van der Waals surface area contributed by atoms with Crippen LogP contribution < -0.4 is 10.1 Å². The zero-order valence-electron chi connectivity index (χ0n) is 23.7. The van der Waals surface area contributed by atoms with Gasteiger partial charge in [0.15, 0.2) is 0 Å². The number of cyclic esters (lactones) is 1. The first-order valence-electron chi connectivity index (χ1n) is 13.9. The Morgan fingerprint density at radius 3 is 2.54 bits per heavy atom. The molecular formula is C33H35NO7. The Balaban J connectivity index is 1.47. The minimum absolute atomic E-state index is 0.00493. The second kappa shape index (κ2) is 13.3. The van der Waals surface area contributed by atoms with Gasteiger partial charge in [0.1, 0.15) is 17.9 Å². The molecule has 0 saturated carbocycles. The molecule has 1 amide bonds. The zero-order valence-corrected chi connectivity index (χ0v) is 23.7. The summed E-state index contributed by atoms with van der Waals surface area (Å²) in [5.74, 6) is -1.94. The van der Waals surface area contributed by atoms with Gasteiger partial charge in [-0.05, 0) is 62.1 Å². The van der Waals surface area contributed by atoms with Crippen molar-refractivity contribution in [2.45, 2.75) is 72.3 Å². The molecule has 1 heterocycles. The van der Waals surface area contributed by atoms with Crippen LogP contribution in [-0.2, 0) is 38.6 Å². The van der Waals surface area contributed by atoms with E-state index >= 15 is 0 Å². The third kappa shape index (κ3) is 7.01. The van der Waals surface area contributed by atoms with Crippen molar-refractivity contribution in [3.05, 3.63) is 81.9 Å². The molecule has 0 atom stereocenters. The lowest BCUT2D eigenvalue weighted by Crippen LogP contribution is -2.16. The Bertz CT molecular complexity index is 1530. The standard InChI is InChI=1S/C33H35NO7/c1-4-23-21(3)26-19-40-33(39)31(26)32(25(23)17-15-20(2)16-18-29(36)37)41-30(38)14-8-13-28(35)34-27-12-7-10-22-9-5-6-11-24(22)27/h5-7,9-12,15H,4,8,13-14,16-19H2,1-3H3,(H,34,35)(H,36,37)/b20-15+. The summed E-state index contributed by atoms with van der Waals surface area (Å²) < 4.78 is 11.2. The monoisotopic (exact) mass is 557 g/mol. The molecule has 0 unspecified atom stereocenters. The van der Waals surface area contributed by atoms with E-state index in [4.69, 9.17) is 14.6 Å². The molecule has 2 N–H and O–H groups in total. The number of aliphatic carboxylic acids is 1. The van der Waals surface area contributed by atoms with Gasteiger partial charge >= 0.3 is 17.9 Å². The summed E-state index contributed by atoms with van der Waals surface area (Å²) in [6.07, 6.45) is 3.78. The number of hydrogen-bond acceptors (Lipinski definition) is 6. The number of amides is 1. The van der Waals surface area contributed by atoms with Crippen molar-refractivity contribution in [1.82, 2.24) is 0 Å². The van der Waals surface area contributed by atoms with Crippen molar-refractivity contribution in [1.29, 1.82) is 0 Å². The van der Waals surface area contributed by atoms with Gasteiger partial charge in [0, 0.05) is 41.5 Å². The number of rotatable bonds is 12. The number of allylic oxidation sites excluding steroid dienone is 2. The highest BCUT2D eigenvalue weighted by molar-refractivity contribution is 6.02. The van der Waals surface area contributed by atoms with Gasteiger partial charge in [-0.3, -0.25) is 14.4 Å². The van der Waals surface area contributed by atoms with Crippen LogP contribution in [0.5, 0.6) is 5.75 Å². The number of carbonyl (C=O) groups is 4. The van der Waals surface area contributed by atoms with Crippen LogP contribution in [0.25, 0.3) is 10.8 Å². The molecule has 8 nitrogen and oxygen atoms in total. The number of carbonyl (C=O) groups excluding carboxylic acids is 3. The van der Waals surface area contributed by atoms with Gasteiger partial charge in [-0.2, -0.15) is 0 Å². The molecule has 1 aliphatic heterocycles. The summed E-state index contributed by atoms with van der Waals surface area (Å²) in [7, 11) is 0. The molecule has 4 rings (SSSR count). The molecule has 3 aromatic carbocycles. The number of ether oxygens (including phenoxy) is 2. The van der Waals surface area contributed by atoms with E-state index in [1.165, 1.54) is 0 Å². The normalized spacial score (nSPS) is 12.7. The summed E-state index contributed by atoms with van der Waals surface area (Å²) in [6.45, 7) is 5.92. The number of fused-ring (bicyclic) bond motifs is 2. The van der Waals surface area contributed by atoms with Gasteiger partial charge in [0.25, 0.3) is 0 Å². The maximum atomic E-state index is 13.0. The van der Waals surface area contributed by atoms with Crippen LogP contribution in [0.3, 0.4) is 0 Å². The molecule has 214 valence electrons. The van der Waals surface area contributed by atoms with Crippen LogP contribution in [0.1, 0.15) is 78.6 Å². The highest BCUT2D eigenvalue weighted by Crippen LogP contribution is 2.39. The summed E-state index contributed by atoms with van der Waals surface area (Å²) in [5.41, 5.74) is 5.23. The fourth-order valence-corrected chi connectivity index (χ4v) is 5.22. The van der Waals surface area contributed by atoms with Crippen molar-refractivity contribution >= 4 is 40.3 Å². The predicted molar refractivity (Wildman–Crippen MR) is 156 cm³/mol. The SMILES string of the molecule is CCc1c(C)c2c(c(OC(=O)CCCC(=O)Nc3cccc4ccccc34)c1C/C=C(\C)CCC(=O)O)C(=O)OC2. The Kier molecular flexibility index (Phi) is 9.55. The van der Waals surface area contributed by atoms with E-state index in [9.17, 15) is 19.2 Å². The van der Waals surface area contributed by atoms with E-state index in [1.807, 2.05) is 69.3 Å². The summed E-state index contributed by atoms with van der Waals surface area (Å²) in [6, 6.07) is 13.5. The quantitative estimate of drug-likeness (QED) is 0.149. The largest absolute Gasteiger partial charge is 0.481 e. The fraction of sp³-hybridized carbons (Fsp3) is 0.333. The molecule has 0 saturated heterocycles. The van der Waals surface area contributed by atoms with E-state index in [2.05, 4.69) is 5.32 Å². The lowest BCUT2D eigenvalue weighted by Gasteiger charge is -2.19. The maximum Gasteiger partial charge on any atom is 0.342 e. The van der Waals surface area contributed by atoms with Crippen LogP contribution in [0.4, 0.5) is 5.69 Å². The van der Waals surface area contributed by atoms with E-state index in [0.717, 1.165) is 38.6 Å². The second-order valence-corrected chi connectivity index (χ2v) is 10.2. The number of hydrogen-bond donors (Lipinski definition) is 2. The lowest BCUT2D eigenvalue weighted by molar-refractivity contribution is -0.137. The first-order valence-corrected chi connectivity index (χ1v) is 13.9. The van der Waals surface area contributed by atoms with Gasteiger partial charge in [0.05, 0.1) is 0 Å². The van der Waals surface area contributed by atoms with Gasteiger partial charge < -0.3 is 19.9 Å². The minimum atomic E-state index is -0.872. The van der Waals surface area contributed by atoms with Crippen LogP contribution in [0, 0.1) is 6.92 Å². The van der Waals surface area contributed by atoms with E-state index in [-0.39, 0.29) is 49.5 Å². The molecule has 0 radical (unpaired) electrons. The minimum Gasteiger partial charge on any atom is -0.481 e. The molecule has 0 spiro atoms. The van der Waals surface area contributed by atoms with Crippen LogP contribution >= 0.6 is 0 Å². The van der Waals surface area contributed by atoms with Crippen LogP contribution in [0.15, 0.2) is 54.1 Å². The van der Waals surface area contributed by atoms with Crippen LogP contribution in [0.2, 0.25) is 0 Å². The molecule has 0 aromatic heterocycles. The Hall–Kier alpha value is -4.46. The number of nitrogens with one attached hydrogen (secondary N) is 1. The maximum absolute atomic E-state index is 13.0. The van der Waals surface area contributed by atoms with E-state index < -0.39 is 17.9 Å². The molecule has 0 fully saturated rings. The Morgan fingerprint density at radius 2 is 1.78 bits per heavy atom. The van der Waals surface area contributed by atoms with Gasteiger partial charge in [-0.1, -0.05) is 55.0 Å². The highest BCUT2D eigenvalue weighted by Gasteiger charge is 2.33. The highest BCUT2D eigenvalue weighted by atomic mass is 16.6. The lowest BCUT2D eigenvalue weighted by atomic mass is 9.89. The summed E-state index contributed by atoms with van der Waals surface area (Å²) in [4.78, 5) is 49.3. The summed E-state index contributed by atoms with van der Waals surface area (Å²) in [5, 5.41) is 13.9. The second-order valence-electron chi connectivity index (χ2n) is 10.2. The van der Waals surface area contributed by atoms with Crippen molar-refractivity contribution < 1.29 is 33.8 Å². The first-order chi connectivity index (χ1) is 19.7. The third-order valence-electron chi connectivity index (χ3n) is 7.43.